The van der Waals surface area contributed by atoms with Crippen LogP contribution in [0.4, 0.5) is 8.78 Å². The zero-order valence-corrected chi connectivity index (χ0v) is 10.2. The van der Waals surface area contributed by atoms with Crippen molar-refractivity contribution in [3.05, 3.63) is 35.4 Å². The Morgan fingerprint density at radius 3 is 2.33 bits per heavy atom. The third kappa shape index (κ3) is 3.04. The third-order valence-electron chi connectivity index (χ3n) is 3.25. The van der Waals surface area contributed by atoms with Crippen molar-refractivity contribution < 1.29 is 13.6 Å². The first kappa shape index (κ1) is 13.0. The van der Waals surface area contributed by atoms with Crippen molar-refractivity contribution >= 4 is 5.91 Å². The summed E-state index contributed by atoms with van der Waals surface area (Å²) in [6, 6.07) is 2.84. The Labute approximate surface area is 105 Å². The lowest BCUT2D eigenvalue weighted by Gasteiger charge is -2.35. The lowest BCUT2D eigenvalue weighted by Crippen LogP contribution is -2.52. The summed E-state index contributed by atoms with van der Waals surface area (Å²) in [5.41, 5.74) is -0.294. The molecule has 1 aromatic carbocycles. The smallest absolute Gasteiger partial charge is 0.251 e. The summed E-state index contributed by atoms with van der Waals surface area (Å²) >= 11 is 0. The van der Waals surface area contributed by atoms with Crippen LogP contribution in [-0.4, -0.2) is 24.5 Å². The molecule has 0 bridgehead atoms. The Kier molecular flexibility index (Phi) is 3.61. The van der Waals surface area contributed by atoms with Gasteiger partial charge in [-0.3, -0.25) is 4.79 Å². The Hall–Kier alpha value is -1.49. The van der Waals surface area contributed by atoms with Crippen LogP contribution in [0.1, 0.15) is 30.1 Å². The molecular weight excluding hydrogens is 238 g/mol. The number of hydrogen-bond donors (Lipinski definition) is 2. The van der Waals surface area contributed by atoms with Crippen molar-refractivity contribution in [1.29, 1.82) is 0 Å². The largest absolute Gasteiger partial charge is 0.347 e. The van der Waals surface area contributed by atoms with Crippen molar-refractivity contribution in [1.82, 2.24) is 10.6 Å². The maximum Gasteiger partial charge on any atom is 0.251 e. The number of halogens is 2. The molecule has 0 saturated carbocycles. The van der Waals surface area contributed by atoms with E-state index in [0.717, 1.165) is 44.1 Å². The standard InChI is InChI=1S/C13H16F2N2O/c1-13(2-4-16-5-3-13)17-12(18)9-6-10(14)8-11(15)7-9/h6-8,16H,2-5H2,1H3,(H,17,18). The molecule has 1 heterocycles. The zero-order valence-electron chi connectivity index (χ0n) is 10.2. The van der Waals surface area contributed by atoms with E-state index < -0.39 is 17.5 Å². The number of carbonyl (C=O) groups excluding carboxylic acids is 1. The molecule has 18 heavy (non-hydrogen) atoms. The van der Waals surface area contributed by atoms with Crippen LogP contribution in [0, 0.1) is 11.6 Å². The minimum Gasteiger partial charge on any atom is -0.347 e. The van der Waals surface area contributed by atoms with E-state index in [1.54, 1.807) is 0 Å². The summed E-state index contributed by atoms with van der Waals surface area (Å²) in [5, 5.41) is 6.05. The maximum absolute atomic E-state index is 13.0. The summed E-state index contributed by atoms with van der Waals surface area (Å²) in [6.07, 6.45) is 1.60. The molecule has 0 unspecified atom stereocenters. The summed E-state index contributed by atoms with van der Waals surface area (Å²) in [7, 11) is 0. The highest BCUT2D eigenvalue weighted by Crippen LogP contribution is 2.18. The number of piperidine rings is 1. The van der Waals surface area contributed by atoms with E-state index in [0.29, 0.717) is 0 Å². The van der Waals surface area contributed by atoms with E-state index in [1.807, 2.05) is 6.92 Å². The second kappa shape index (κ2) is 5.02. The Morgan fingerprint density at radius 1 is 1.22 bits per heavy atom. The number of rotatable bonds is 2. The normalized spacial score (nSPS) is 18.4. The molecule has 1 saturated heterocycles. The predicted octanol–water partition coefficient (Wildman–Crippen LogP) is 1.84. The monoisotopic (exact) mass is 254 g/mol. The first-order valence-electron chi connectivity index (χ1n) is 5.98. The van der Waals surface area contributed by atoms with E-state index >= 15 is 0 Å². The van der Waals surface area contributed by atoms with Crippen LogP contribution in [0.15, 0.2) is 18.2 Å². The first-order chi connectivity index (χ1) is 8.48. The van der Waals surface area contributed by atoms with Crippen molar-refractivity contribution in [2.45, 2.75) is 25.3 Å². The summed E-state index contributed by atoms with van der Waals surface area (Å²) < 4.78 is 26.1. The van der Waals surface area contributed by atoms with Gasteiger partial charge in [-0.15, -0.1) is 0 Å². The highest BCUT2D eigenvalue weighted by Gasteiger charge is 2.28. The van der Waals surface area contributed by atoms with Gasteiger partial charge in [-0.2, -0.15) is 0 Å². The number of carbonyl (C=O) groups is 1. The number of nitrogens with one attached hydrogen (secondary N) is 2. The first-order valence-corrected chi connectivity index (χ1v) is 5.98. The fourth-order valence-corrected chi connectivity index (χ4v) is 2.13. The Balaban J connectivity index is 2.11. The van der Waals surface area contributed by atoms with Crippen LogP contribution < -0.4 is 10.6 Å². The van der Waals surface area contributed by atoms with Gasteiger partial charge in [0.15, 0.2) is 0 Å². The molecule has 98 valence electrons. The van der Waals surface area contributed by atoms with E-state index in [9.17, 15) is 13.6 Å². The van der Waals surface area contributed by atoms with Crippen LogP contribution in [0.3, 0.4) is 0 Å². The molecule has 2 N–H and O–H groups in total. The van der Waals surface area contributed by atoms with E-state index in [4.69, 9.17) is 0 Å². The minimum atomic E-state index is -0.740. The summed E-state index contributed by atoms with van der Waals surface area (Å²) in [5.74, 6) is -1.91. The number of benzene rings is 1. The average molecular weight is 254 g/mol. The van der Waals surface area contributed by atoms with Gasteiger partial charge in [0.25, 0.3) is 5.91 Å². The van der Waals surface area contributed by atoms with Gasteiger partial charge in [-0.25, -0.2) is 8.78 Å². The molecular formula is C13H16F2N2O. The van der Waals surface area contributed by atoms with Gasteiger partial charge in [0.1, 0.15) is 11.6 Å². The van der Waals surface area contributed by atoms with Crippen LogP contribution in [0.25, 0.3) is 0 Å². The molecule has 1 aliphatic rings. The highest BCUT2D eigenvalue weighted by atomic mass is 19.1. The molecule has 0 atom stereocenters. The van der Waals surface area contributed by atoms with Crippen molar-refractivity contribution in [3.8, 4) is 0 Å². The quantitative estimate of drug-likeness (QED) is 0.845. The van der Waals surface area contributed by atoms with Gasteiger partial charge in [0, 0.05) is 17.2 Å². The molecule has 1 aromatic rings. The molecule has 2 rings (SSSR count). The van der Waals surface area contributed by atoms with Crippen molar-refractivity contribution in [3.63, 3.8) is 0 Å². The maximum atomic E-state index is 13.0. The van der Waals surface area contributed by atoms with Crippen LogP contribution >= 0.6 is 0 Å². The van der Waals surface area contributed by atoms with Crippen LogP contribution in [0.2, 0.25) is 0 Å². The molecule has 1 fully saturated rings. The number of hydrogen-bond acceptors (Lipinski definition) is 2. The Bertz CT molecular complexity index is 436. The fraction of sp³-hybridized carbons (Fsp3) is 0.462. The second-order valence-electron chi connectivity index (χ2n) is 4.92. The van der Waals surface area contributed by atoms with Gasteiger partial charge < -0.3 is 10.6 Å². The van der Waals surface area contributed by atoms with E-state index in [1.165, 1.54) is 0 Å². The van der Waals surface area contributed by atoms with Gasteiger partial charge in [0.05, 0.1) is 0 Å². The molecule has 0 radical (unpaired) electrons. The fourth-order valence-electron chi connectivity index (χ4n) is 2.13. The second-order valence-corrected chi connectivity index (χ2v) is 4.92. The lowest BCUT2D eigenvalue weighted by molar-refractivity contribution is 0.0886. The molecule has 1 aliphatic heterocycles. The SMILES string of the molecule is CC1(NC(=O)c2cc(F)cc(F)c2)CCNCC1. The molecule has 0 spiro atoms. The average Bonchev–Trinajstić information content (AvgIpc) is 2.28. The number of amides is 1. The summed E-state index contributed by atoms with van der Waals surface area (Å²) in [4.78, 5) is 12.0. The van der Waals surface area contributed by atoms with E-state index in [-0.39, 0.29) is 11.1 Å². The molecule has 5 heteroatoms. The minimum absolute atomic E-state index is 0.0206. The zero-order chi connectivity index (χ0) is 13.2. The van der Waals surface area contributed by atoms with Crippen LogP contribution in [0.5, 0.6) is 0 Å². The Morgan fingerprint density at radius 2 is 1.78 bits per heavy atom. The predicted molar refractivity (Wildman–Crippen MR) is 64.3 cm³/mol. The van der Waals surface area contributed by atoms with E-state index in [2.05, 4.69) is 10.6 Å². The van der Waals surface area contributed by atoms with Gasteiger partial charge >= 0.3 is 0 Å². The highest BCUT2D eigenvalue weighted by molar-refractivity contribution is 5.94. The summed E-state index contributed by atoms with van der Waals surface area (Å²) in [6.45, 7) is 3.60. The molecule has 0 aromatic heterocycles. The van der Waals surface area contributed by atoms with Gasteiger partial charge in [0.2, 0.25) is 0 Å². The van der Waals surface area contributed by atoms with Gasteiger partial charge in [-0.05, 0) is 45.0 Å². The topological polar surface area (TPSA) is 41.1 Å². The molecule has 3 nitrogen and oxygen atoms in total. The van der Waals surface area contributed by atoms with Crippen molar-refractivity contribution in [2.75, 3.05) is 13.1 Å². The van der Waals surface area contributed by atoms with Crippen molar-refractivity contribution in [2.24, 2.45) is 0 Å². The van der Waals surface area contributed by atoms with Crippen LogP contribution in [-0.2, 0) is 0 Å². The third-order valence-corrected chi connectivity index (χ3v) is 3.25. The molecule has 0 aliphatic carbocycles. The molecule has 1 amide bonds. The lowest BCUT2D eigenvalue weighted by atomic mass is 9.90. The van der Waals surface area contributed by atoms with Gasteiger partial charge in [-0.1, -0.05) is 0 Å².